The number of amides is 2. The summed E-state index contributed by atoms with van der Waals surface area (Å²) in [5, 5.41) is 14.5. The molecule has 1 aromatic heterocycles. The maximum Gasteiger partial charge on any atom is 0.251 e. The zero-order chi connectivity index (χ0) is 23.2. The van der Waals surface area contributed by atoms with E-state index in [1.807, 2.05) is 20.8 Å². The van der Waals surface area contributed by atoms with Crippen LogP contribution in [0.25, 0.3) is 0 Å². The third kappa shape index (κ3) is 6.08. The quantitative estimate of drug-likeness (QED) is 0.554. The molecule has 0 aliphatic carbocycles. The number of nitrogens with one attached hydrogen (secondary N) is 2. The summed E-state index contributed by atoms with van der Waals surface area (Å²) in [6.45, 7) is 9.73. The summed E-state index contributed by atoms with van der Waals surface area (Å²) in [4.78, 5) is 25.6. The van der Waals surface area contributed by atoms with E-state index >= 15 is 0 Å². The van der Waals surface area contributed by atoms with Gasteiger partial charge in [0.05, 0.1) is 4.90 Å². The van der Waals surface area contributed by atoms with Crippen LogP contribution >= 0.6 is 11.3 Å². The van der Waals surface area contributed by atoms with Gasteiger partial charge in [-0.25, -0.2) is 8.42 Å². The first kappa shape index (κ1) is 24.9. The van der Waals surface area contributed by atoms with E-state index in [9.17, 15) is 18.0 Å². The summed E-state index contributed by atoms with van der Waals surface area (Å²) < 4.78 is 26.8. The van der Waals surface area contributed by atoms with Crippen LogP contribution in [0.3, 0.4) is 0 Å². The topological polar surface area (TPSA) is 121 Å². The molecule has 1 aromatic carbocycles. The van der Waals surface area contributed by atoms with Gasteiger partial charge in [-0.2, -0.15) is 4.31 Å². The molecule has 1 atom stereocenters. The van der Waals surface area contributed by atoms with Crippen LogP contribution in [-0.2, 0) is 21.2 Å². The highest BCUT2D eigenvalue weighted by Crippen LogP contribution is 2.19. The minimum absolute atomic E-state index is 0.0374. The van der Waals surface area contributed by atoms with Gasteiger partial charge in [0.2, 0.25) is 21.1 Å². The SMILES string of the molecule is CCc1nnc(NC(=O)[C@H](NC(=O)c2cccc(S(=O)(=O)N(CC)CC)c2)C(C)C)s1. The molecule has 31 heavy (non-hydrogen) atoms. The van der Waals surface area contributed by atoms with Crippen molar-refractivity contribution < 1.29 is 18.0 Å². The summed E-state index contributed by atoms with van der Waals surface area (Å²) in [5.74, 6) is -1.14. The molecule has 2 amide bonds. The number of anilines is 1. The Hall–Kier alpha value is -2.37. The molecule has 0 saturated carbocycles. The third-order valence-corrected chi connectivity index (χ3v) is 7.70. The molecule has 2 aromatic rings. The third-order valence-electron chi connectivity index (χ3n) is 4.67. The van der Waals surface area contributed by atoms with Crippen molar-refractivity contribution in [2.45, 2.75) is 52.0 Å². The van der Waals surface area contributed by atoms with Gasteiger partial charge in [0.25, 0.3) is 5.91 Å². The molecule has 0 aliphatic heterocycles. The van der Waals surface area contributed by atoms with Crippen LogP contribution in [0.2, 0.25) is 0 Å². The second-order valence-electron chi connectivity index (χ2n) is 7.16. The van der Waals surface area contributed by atoms with Gasteiger partial charge in [0.15, 0.2) is 0 Å². The Kier molecular flexibility index (Phi) is 8.66. The molecule has 2 rings (SSSR count). The van der Waals surface area contributed by atoms with E-state index in [0.29, 0.717) is 24.6 Å². The van der Waals surface area contributed by atoms with Crippen LogP contribution in [0.5, 0.6) is 0 Å². The molecule has 0 aliphatic rings. The van der Waals surface area contributed by atoms with Gasteiger partial charge in [-0.3, -0.25) is 14.9 Å². The number of carbonyl (C=O) groups is 2. The molecule has 0 fully saturated rings. The zero-order valence-electron chi connectivity index (χ0n) is 18.4. The average Bonchev–Trinajstić information content (AvgIpc) is 3.19. The Labute approximate surface area is 187 Å². The molecular weight excluding hydrogens is 438 g/mol. The number of benzene rings is 1. The van der Waals surface area contributed by atoms with Crippen molar-refractivity contribution in [3.8, 4) is 0 Å². The lowest BCUT2D eigenvalue weighted by atomic mass is 10.0. The number of nitrogens with zero attached hydrogens (tertiary/aromatic N) is 3. The first-order chi connectivity index (χ1) is 14.6. The lowest BCUT2D eigenvalue weighted by molar-refractivity contribution is -0.118. The van der Waals surface area contributed by atoms with E-state index in [0.717, 1.165) is 5.01 Å². The zero-order valence-corrected chi connectivity index (χ0v) is 20.0. The normalized spacial score (nSPS) is 12.7. The van der Waals surface area contributed by atoms with Gasteiger partial charge in [-0.05, 0) is 30.5 Å². The lowest BCUT2D eigenvalue weighted by Gasteiger charge is -2.21. The molecule has 1 heterocycles. The molecule has 0 spiro atoms. The highest BCUT2D eigenvalue weighted by atomic mass is 32.2. The second-order valence-corrected chi connectivity index (χ2v) is 10.2. The minimum atomic E-state index is -3.70. The monoisotopic (exact) mass is 467 g/mol. The molecule has 9 nitrogen and oxygen atoms in total. The van der Waals surface area contributed by atoms with E-state index in [1.165, 1.54) is 39.9 Å². The lowest BCUT2D eigenvalue weighted by Crippen LogP contribution is -2.47. The van der Waals surface area contributed by atoms with Crippen LogP contribution in [0.4, 0.5) is 5.13 Å². The second kappa shape index (κ2) is 10.8. The molecular formula is C20H29N5O4S2. The summed E-state index contributed by atoms with van der Waals surface area (Å²) >= 11 is 1.28. The predicted octanol–water partition coefficient (Wildman–Crippen LogP) is 2.52. The van der Waals surface area contributed by atoms with Crippen molar-refractivity contribution >= 4 is 38.3 Å². The Morgan fingerprint density at radius 2 is 1.81 bits per heavy atom. The smallest absolute Gasteiger partial charge is 0.251 e. The van der Waals surface area contributed by atoms with E-state index in [4.69, 9.17) is 0 Å². The van der Waals surface area contributed by atoms with Gasteiger partial charge in [0.1, 0.15) is 11.0 Å². The number of rotatable bonds is 10. The van der Waals surface area contributed by atoms with E-state index < -0.39 is 27.9 Å². The van der Waals surface area contributed by atoms with Gasteiger partial charge in [-0.15, -0.1) is 10.2 Å². The van der Waals surface area contributed by atoms with Crippen molar-refractivity contribution in [3.63, 3.8) is 0 Å². The average molecular weight is 468 g/mol. The largest absolute Gasteiger partial charge is 0.340 e. The van der Waals surface area contributed by atoms with E-state index in [-0.39, 0.29) is 16.4 Å². The Morgan fingerprint density at radius 3 is 2.35 bits per heavy atom. The number of sulfonamides is 1. The summed E-state index contributed by atoms with van der Waals surface area (Å²) in [6.07, 6.45) is 0.713. The van der Waals surface area contributed by atoms with Crippen LogP contribution in [0.15, 0.2) is 29.2 Å². The summed E-state index contributed by atoms with van der Waals surface area (Å²) in [5.41, 5.74) is 0.163. The van der Waals surface area contributed by atoms with Crippen LogP contribution in [-0.4, -0.2) is 53.9 Å². The predicted molar refractivity (Wildman–Crippen MR) is 121 cm³/mol. The standard InChI is InChI=1S/C20H29N5O4S2/c1-6-16-23-24-20(30-16)22-19(27)17(13(4)5)21-18(26)14-10-9-11-15(12-14)31(28,29)25(7-2)8-3/h9-13,17H,6-8H2,1-5H3,(H,21,26)(H,22,24,27)/t17-/m1/s1. The van der Waals surface area contributed by atoms with Crippen molar-refractivity contribution in [2.24, 2.45) is 5.92 Å². The molecule has 170 valence electrons. The van der Waals surface area contributed by atoms with Gasteiger partial charge in [0, 0.05) is 18.7 Å². The molecule has 0 unspecified atom stereocenters. The molecule has 0 bridgehead atoms. The first-order valence-corrected chi connectivity index (χ1v) is 12.4. The fourth-order valence-electron chi connectivity index (χ4n) is 2.90. The van der Waals surface area contributed by atoms with Crippen molar-refractivity contribution in [2.75, 3.05) is 18.4 Å². The number of hydrogen-bond acceptors (Lipinski definition) is 7. The number of hydrogen-bond donors (Lipinski definition) is 2. The number of aromatic nitrogens is 2. The summed E-state index contributed by atoms with van der Waals surface area (Å²) in [7, 11) is -3.70. The van der Waals surface area contributed by atoms with Gasteiger partial charge >= 0.3 is 0 Å². The Bertz CT molecular complexity index is 1020. The molecule has 0 radical (unpaired) electrons. The van der Waals surface area contributed by atoms with Crippen LogP contribution < -0.4 is 10.6 Å². The van der Waals surface area contributed by atoms with Gasteiger partial charge in [-0.1, -0.05) is 52.0 Å². The van der Waals surface area contributed by atoms with Crippen LogP contribution in [0, 0.1) is 5.92 Å². The molecule has 11 heteroatoms. The highest BCUT2D eigenvalue weighted by Gasteiger charge is 2.27. The van der Waals surface area contributed by atoms with E-state index in [1.54, 1.807) is 13.8 Å². The Balaban J connectivity index is 2.20. The fourth-order valence-corrected chi connectivity index (χ4v) is 5.09. The van der Waals surface area contributed by atoms with E-state index in [2.05, 4.69) is 20.8 Å². The highest BCUT2D eigenvalue weighted by molar-refractivity contribution is 7.89. The van der Waals surface area contributed by atoms with Crippen LogP contribution in [0.1, 0.15) is 50.0 Å². The number of aryl methyl sites for hydroxylation is 1. The molecule has 2 N–H and O–H groups in total. The van der Waals surface area contributed by atoms with Crippen molar-refractivity contribution in [1.29, 1.82) is 0 Å². The minimum Gasteiger partial charge on any atom is -0.340 e. The number of carbonyl (C=O) groups excluding carboxylic acids is 2. The maximum absolute atomic E-state index is 12.8. The van der Waals surface area contributed by atoms with Crippen molar-refractivity contribution in [1.82, 2.24) is 19.8 Å². The van der Waals surface area contributed by atoms with Gasteiger partial charge < -0.3 is 5.32 Å². The first-order valence-electron chi connectivity index (χ1n) is 10.2. The maximum atomic E-state index is 12.8. The molecule has 0 saturated heterocycles. The van der Waals surface area contributed by atoms with Crippen molar-refractivity contribution in [3.05, 3.63) is 34.8 Å². The fraction of sp³-hybridized carbons (Fsp3) is 0.500. The summed E-state index contributed by atoms with van der Waals surface area (Å²) in [6, 6.07) is 4.99. The Morgan fingerprint density at radius 1 is 1.13 bits per heavy atom.